The Hall–Kier alpha value is -3.55. The molecule has 0 bridgehead atoms. The van der Waals surface area contributed by atoms with E-state index in [1.54, 1.807) is 29.4 Å². The second kappa shape index (κ2) is 6.01. The van der Waals surface area contributed by atoms with Crippen molar-refractivity contribution in [1.82, 2.24) is 34.4 Å². The quantitative estimate of drug-likeness (QED) is 0.590. The van der Waals surface area contributed by atoms with Crippen LogP contribution in [0.3, 0.4) is 0 Å². The third kappa shape index (κ3) is 2.41. The van der Waals surface area contributed by atoms with E-state index < -0.39 is 0 Å². The molecule has 0 spiro atoms. The predicted molar refractivity (Wildman–Crippen MR) is 97.1 cm³/mol. The third-order valence-electron chi connectivity index (χ3n) is 5.04. The first-order chi connectivity index (χ1) is 13.2. The first-order valence-electron chi connectivity index (χ1n) is 8.77. The van der Waals surface area contributed by atoms with Crippen molar-refractivity contribution in [2.24, 2.45) is 0 Å². The van der Waals surface area contributed by atoms with E-state index in [0.29, 0.717) is 12.1 Å². The number of amides is 1. The Bertz CT molecular complexity index is 1130. The maximum absolute atomic E-state index is 13.5. The van der Waals surface area contributed by atoms with Crippen LogP contribution in [0.15, 0.2) is 49.2 Å². The number of nitrogens with one attached hydrogen (secondary N) is 1. The number of rotatable bonds is 2. The molecular weight excluding hydrogens is 342 g/mol. The van der Waals surface area contributed by atoms with E-state index in [-0.39, 0.29) is 11.9 Å². The third-order valence-corrected chi connectivity index (χ3v) is 5.04. The molecule has 8 heteroatoms. The maximum Gasteiger partial charge on any atom is 0.258 e. The topological polar surface area (TPSA) is 92.1 Å². The lowest BCUT2D eigenvalue weighted by Crippen LogP contribution is -2.41. The average Bonchev–Trinajstić information content (AvgIpc) is 3.37. The Morgan fingerprint density at radius 3 is 2.96 bits per heavy atom. The summed E-state index contributed by atoms with van der Waals surface area (Å²) in [6, 6.07) is 7.20. The van der Waals surface area contributed by atoms with Gasteiger partial charge in [0.2, 0.25) is 0 Å². The van der Waals surface area contributed by atoms with Crippen molar-refractivity contribution in [2.75, 3.05) is 6.54 Å². The Morgan fingerprint density at radius 2 is 2.11 bits per heavy atom. The van der Waals surface area contributed by atoms with E-state index in [0.717, 1.165) is 34.8 Å². The van der Waals surface area contributed by atoms with Gasteiger partial charge in [0.1, 0.15) is 6.04 Å². The van der Waals surface area contributed by atoms with Crippen LogP contribution in [0.1, 0.15) is 39.2 Å². The Morgan fingerprint density at radius 1 is 1.19 bits per heavy atom. The number of fused-ring (bicyclic) bond motifs is 2. The largest absolute Gasteiger partial charge is 0.348 e. The molecule has 8 nitrogen and oxygen atoms in total. The van der Waals surface area contributed by atoms with Crippen molar-refractivity contribution in [3.05, 3.63) is 77.5 Å². The number of H-pyrrole nitrogens is 1. The zero-order valence-corrected chi connectivity index (χ0v) is 14.7. The number of hydrogen-bond donors (Lipinski definition) is 1. The van der Waals surface area contributed by atoms with Crippen LogP contribution in [0.5, 0.6) is 0 Å². The fourth-order valence-corrected chi connectivity index (χ4v) is 3.69. The second-order valence-corrected chi connectivity index (χ2v) is 6.53. The molecule has 0 saturated carbocycles. The normalized spacial score (nSPS) is 16.5. The molecule has 1 N–H and O–H groups in total. The van der Waals surface area contributed by atoms with Gasteiger partial charge in [-0.3, -0.25) is 9.78 Å². The van der Waals surface area contributed by atoms with Gasteiger partial charge < -0.3 is 9.88 Å². The summed E-state index contributed by atoms with van der Waals surface area (Å²) in [7, 11) is 0. The van der Waals surface area contributed by atoms with Crippen LogP contribution >= 0.6 is 0 Å². The molecular formula is C19H17N7O. The number of carbonyl (C=O) groups excluding carboxylic acids is 1. The first-order valence-corrected chi connectivity index (χ1v) is 8.77. The van der Waals surface area contributed by atoms with Gasteiger partial charge >= 0.3 is 0 Å². The van der Waals surface area contributed by atoms with Crippen LogP contribution in [-0.4, -0.2) is 46.9 Å². The highest BCUT2D eigenvalue weighted by Crippen LogP contribution is 2.33. The summed E-state index contributed by atoms with van der Waals surface area (Å²) < 4.78 is 1.69. The summed E-state index contributed by atoms with van der Waals surface area (Å²) in [5, 5.41) is 4.27. The number of nitrogens with zero attached hydrogens (tertiary/aromatic N) is 6. The summed E-state index contributed by atoms with van der Waals surface area (Å²) in [6.45, 7) is 2.46. The number of carbonyl (C=O) groups is 1. The van der Waals surface area contributed by atoms with Crippen LogP contribution in [0.2, 0.25) is 0 Å². The predicted octanol–water partition coefficient (Wildman–Crippen LogP) is 1.94. The molecule has 0 unspecified atom stereocenters. The van der Waals surface area contributed by atoms with Gasteiger partial charge in [-0.2, -0.15) is 5.10 Å². The number of imidazole rings is 1. The minimum atomic E-state index is -0.332. The fourth-order valence-electron chi connectivity index (χ4n) is 3.69. The summed E-state index contributed by atoms with van der Waals surface area (Å²) in [4.78, 5) is 31.8. The molecule has 4 aromatic rings. The molecule has 5 rings (SSSR count). The number of hydrogen-bond acceptors (Lipinski definition) is 5. The van der Waals surface area contributed by atoms with Crippen LogP contribution in [0.25, 0.3) is 5.65 Å². The zero-order chi connectivity index (χ0) is 18.4. The van der Waals surface area contributed by atoms with Crippen LogP contribution in [0, 0.1) is 6.92 Å². The standard InChI is InChI=1S/C19H17N7O/c1-12-13(10-21-16-5-8-24-26(12)16)19(27)25-9-6-14-17(23-11-22-14)18(25)15-4-2-3-7-20-15/h2-5,7-8,10-11,18H,6,9H2,1H3,(H,22,23)/t18-/m1/s1. The second-order valence-electron chi connectivity index (χ2n) is 6.53. The molecule has 1 aliphatic heterocycles. The fraction of sp³-hybridized carbons (Fsp3) is 0.211. The van der Waals surface area contributed by atoms with Gasteiger partial charge in [-0.15, -0.1) is 0 Å². The Labute approximate surface area is 154 Å². The highest BCUT2D eigenvalue weighted by Gasteiger charge is 2.36. The molecule has 134 valence electrons. The molecule has 1 amide bonds. The number of aromatic amines is 1. The van der Waals surface area contributed by atoms with Gasteiger partial charge in [-0.05, 0) is 19.1 Å². The van der Waals surface area contributed by atoms with E-state index in [2.05, 4.69) is 25.0 Å². The van der Waals surface area contributed by atoms with E-state index in [9.17, 15) is 4.79 Å². The lowest BCUT2D eigenvalue weighted by Gasteiger charge is -2.34. The van der Waals surface area contributed by atoms with Crippen molar-refractivity contribution < 1.29 is 4.79 Å². The number of pyridine rings is 1. The van der Waals surface area contributed by atoms with Crippen molar-refractivity contribution in [3.8, 4) is 0 Å². The van der Waals surface area contributed by atoms with Crippen molar-refractivity contribution in [2.45, 2.75) is 19.4 Å². The van der Waals surface area contributed by atoms with E-state index >= 15 is 0 Å². The van der Waals surface area contributed by atoms with Gasteiger partial charge in [0, 0.05) is 37.1 Å². The minimum absolute atomic E-state index is 0.0956. The molecule has 0 fully saturated rings. The van der Waals surface area contributed by atoms with Gasteiger partial charge in [0.15, 0.2) is 5.65 Å². The van der Waals surface area contributed by atoms with E-state index in [1.165, 1.54) is 0 Å². The number of aryl methyl sites for hydroxylation is 1. The Balaban J connectivity index is 1.62. The molecule has 5 heterocycles. The lowest BCUT2D eigenvalue weighted by molar-refractivity contribution is 0.0685. The highest BCUT2D eigenvalue weighted by molar-refractivity contribution is 5.95. The van der Waals surface area contributed by atoms with Crippen molar-refractivity contribution >= 4 is 11.6 Å². The van der Waals surface area contributed by atoms with Crippen molar-refractivity contribution in [3.63, 3.8) is 0 Å². The molecule has 0 saturated heterocycles. The number of aromatic nitrogens is 6. The molecule has 0 aliphatic carbocycles. The first kappa shape index (κ1) is 15.7. The SMILES string of the molecule is Cc1c(C(=O)N2CCc3[nH]cnc3[C@H]2c2ccccn2)cnc2ccnn12. The molecule has 1 atom stereocenters. The average molecular weight is 359 g/mol. The van der Waals surface area contributed by atoms with Gasteiger partial charge in [-0.1, -0.05) is 6.07 Å². The monoisotopic (exact) mass is 359 g/mol. The summed E-state index contributed by atoms with van der Waals surface area (Å²) in [6.07, 6.45) is 7.45. The molecule has 27 heavy (non-hydrogen) atoms. The van der Waals surface area contributed by atoms with Crippen LogP contribution in [0.4, 0.5) is 0 Å². The zero-order valence-electron chi connectivity index (χ0n) is 14.7. The van der Waals surface area contributed by atoms with E-state index in [4.69, 9.17) is 0 Å². The minimum Gasteiger partial charge on any atom is -0.348 e. The lowest BCUT2D eigenvalue weighted by atomic mass is 9.98. The summed E-state index contributed by atoms with van der Waals surface area (Å²) in [5.74, 6) is -0.0956. The summed E-state index contributed by atoms with van der Waals surface area (Å²) >= 11 is 0. The van der Waals surface area contributed by atoms with Crippen molar-refractivity contribution in [1.29, 1.82) is 0 Å². The maximum atomic E-state index is 13.5. The summed E-state index contributed by atoms with van der Waals surface area (Å²) in [5.41, 5.74) is 4.71. The van der Waals surface area contributed by atoms with Gasteiger partial charge in [0.05, 0.1) is 35.2 Å². The molecule has 4 aromatic heterocycles. The van der Waals surface area contributed by atoms with E-state index in [1.807, 2.05) is 36.1 Å². The Kier molecular flexibility index (Phi) is 3.49. The van der Waals surface area contributed by atoms with Gasteiger partial charge in [0.25, 0.3) is 5.91 Å². The van der Waals surface area contributed by atoms with Crippen LogP contribution < -0.4 is 0 Å². The van der Waals surface area contributed by atoms with Gasteiger partial charge in [-0.25, -0.2) is 14.5 Å². The highest BCUT2D eigenvalue weighted by atomic mass is 16.2. The van der Waals surface area contributed by atoms with Crippen LogP contribution in [-0.2, 0) is 6.42 Å². The molecule has 1 aliphatic rings. The molecule has 0 radical (unpaired) electrons. The molecule has 0 aromatic carbocycles. The smallest absolute Gasteiger partial charge is 0.258 e.